The smallest absolute Gasteiger partial charge is 0.330 e. The largest absolute Gasteiger partial charge is 0.467 e. The Morgan fingerprint density at radius 2 is 1.46 bits per heavy atom. The van der Waals surface area contributed by atoms with Gasteiger partial charge in [0.2, 0.25) is 0 Å². The minimum atomic E-state index is -0.846. The molecule has 5 nitrogen and oxygen atoms in total. The van der Waals surface area contributed by atoms with E-state index in [1.54, 1.807) is 20.8 Å². The Kier molecular flexibility index (Phi) is 14.0. The second-order valence-corrected chi connectivity index (χ2v) is 7.52. The summed E-state index contributed by atoms with van der Waals surface area (Å²) < 4.78 is 9.96. The van der Waals surface area contributed by atoms with Gasteiger partial charge < -0.3 is 9.47 Å². The van der Waals surface area contributed by atoms with Crippen molar-refractivity contribution in [3.8, 4) is 0 Å². The first-order chi connectivity index (χ1) is 12.3. The molecule has 0 spiro atoms. The van der Waals surface area contributed by atoms with Crippen LogP contribution in [0, 0.1) is 5.41 Å². The quantitative estimate of drug-likeness (QED) is 0.229. The molecule has 0 aliphatic heterocycles. The van der Waals surface area contributed by atoms with E-state index in [1.807, 2.05) is 0 Å². The van der Waals surface area contributed by atoms with Crippen LogP contribution in [0.15, 0.2) is 4.99 Å². The van der Waals surface area contributed by atoms with Crippen LogP contribution in [0.3, 0.4) is 0 Å². The monoisotopic (exact) mass is 369 g/mol. The number of carbonyl (C=O) groups excluding carboxylic acids is 2. The van der Waals surface area contributed by atoms with Crippen molar-refractivity contribution in [1.29, 1.82) is 0 Å². The topological polar surface area (TPSA) is 65.0 Å². The molecule has 0 aliphatic carbocycles. The Labute approximate surface area is 159 Å². The Balaban J connectivity index is 3.80. The first-order valence-electron chi connectivity index (χ1n) is 10.1. The summed E-state index contributed by atoms with van der Waals surface area (Å²) in [6, 6.07) is -0.617. The number of hydrogen-bond acceptors (Lipinski definition) is 5. The Hall–Kier alpha value is -1.39. The van der Waals surface area contributed by atoms with E-state index in [1.165, 1.54) is 64.7 Å². The lowest BCUT2D eigenvalue weighted by Gasteiger charge is -2.18. The van der Waals surface area contributed by atoms with Gasteiger partial charge in [0, 0.05) is 6.21 Å². The predicted octanol–water partition coefficient (Wildman–Crippen LogP) is 5.11. The van der Waals surface area contributed by atoms with Crippen molar-refractivity contribution in [3.05, 3.63) is 0 Å². The van der Waals surface area contributed by atoms with E-state index in [4.69, 9.17) is 4.74 Å². The molecule has 0 rings (SSSR count). The van der Waals surface area contributed by atoms with Crippen LogP contribution >= 0.6 is 0 Å². The summed E-state index contributed by atoms with van der Waals surface area (Å²) in [6.07, 6.45) is 14.0. The van der Waals surface area contributed by atoms with Crippen molar-refractivity contribution in [2.75, 3.05) is 13.7 Å². The standard InChI is InChI=1S/C21H39NO4/c1-6-7-8-9-10-11-12-13-14-15-16-26-20(24)21(3,4)17-22-18(2)19(23)25-5/h17-18H,6-16H2,1-5H3/b22-17+. The van der Waals surface area contributed by atoms with Crippen molar-refractivity contribution >= 4 is 18.2 Å². The van der Waals surface area contributed by atoms with E-state index in [0.717, 1.165) is 12.8 Å². The molecule has 1 atom stereocenters. The molecule has 1 unspecified atom stereocenters. The van der Waals surface area contributed by atoms with Gasteiger partial charge in [0.15, 0.2) is 0 Å². The maximum Gasteiger partial charge on any atom is 0.330 e. The van der Waals surface area contributed by atoms with E-state index in [0.29, 0.717) is 6.61 Å². The molecular formula is C21H39NO4. The van der Waals surface area contributed by atoms with Crippen molar-refractivity contribution in [1.82, 2.24) is 0 Å². The second kappa shape index (κ2) is 14.7. The van der Waals surface area contributed by atoms with Crippen LogP contribution in [0.4, 0.5) is 0 Å². The summed E-state index contributed by atoms with van der Waals surface area (Å²) in [6.45, 7) is 7.79. The SMILES string of the molecule is CCCCCCCCCCCCOC(=O)C(C)(C)/C=N/C(C)C(=O)OC. The number of methoxy groups -OCH3 is 1. The van der Waals surface area contributed by atoms with Gasteiger partial charge in [-0.15, -0.1) is 0 Å². The van der Waals surface area contributed by atoms with Gasteiger partial charge in [-0.1, -0.05) is 64.7 Å². The summed E-state index contributed by atoms with van der Waals surface area (Å²) in [5.41, 5.74) is -0.846. The zero-order valence-corrected chi connectivity index (χ0v) is 17.5. The molecule has 0 radical (unpaired) electrons. The van der Waals surface area contributed by atoms with E-state index in [-0.39, 0.29) is 5.97 Å². The lowest BCUT2D eigenvalue weighted by atomic mass is 9.95. The van der Waals surface area contributed by atoms with Crippen LogP contribution in [0.5, 0.6) is 0 Å². The molecule has 0 amide bonds. The Bertz CT molecular complexity index is 418. The summed E-state index contributed by atoms with van der Waals surface area (Å²) in [4.78, 5) is 27.6. The summed E-state index contributed by atoms with van der Waals surface area (Å²) in [7, 11) is 1.32. The fraction of sp³-hybridized carbons (Fsp3) is 0.857. The lowest BCUT2D eigenvalue weighted by molar-refractivity contribution is -0.150. The van der Waals surface area contributed by atoms with Crippen molar-refractivity contribution in [2.24, 2.45) is 10.4 Å². The third-order valence-electron chi connectivity index (χ3n) is 4.42. The maximum atomic E-state index is 12.1. The number of ether oxygens (including phenoxy) is 2. The molecule has 0 heterocycles. The molecule has 0 aliphatic rings. The third-order valence-corrected chi connectivity index (χ3v) is 4.42. The molecule has 0 aromatic rings. The normalized spacial score (nSPS) is 13.0. The minimum absolute atomic E-state index is 0.311. The lowest BCUT2D eigenvalue weighted by Crippen LogP contribution is -2.29. The molecule has 152 valence electrons. The number of unbranched alkanes of at least 4 members (excludes halogenated alkanes) is 9. The summed E-state index contributed by atoms with van der Waals surface area (Å²) in [5, 5.41) is 0. The molecule has 0 bridgehead atoms. The average Bonchev–Trinajstić information content (AvgIpc) is 2.63. The van der Waals surface area contributed by atoms with Gasteiger partial charge in [-0.3, -0.25) is 9.79 Å². The van der Waals surface area contributed by atoms with Crippen molar-refractivity contribution in [3.63, 3.8) is 0 Å². The molecular weight excluding hydrogens is 330 g/mol. The van der Waals surface area contributed by atoms with Crippen molar-refractivity contribution < 1.29 is 19.1 Å². The highest BCUT2D eigenvalue weighted by Crippen LogP contribution is 2.16. The minimum Gasteiger partial charge on any atom is -0.467 e. The highest BCUT2D eigenvalue weighted by molar-refractivity contribution is 5.94. The van der Waals surface area contributed by atoms with Gasteiger partial charge >= 0.3 is 11.9 Å². The maximum absolute atomic E-state index is 12.1. The number of carbonyl (C=O) groups is 2. The molecule has 26 heavy (non-hydrogen) atoms. The molecule has 0 fully saturated rings. The Morgan fingerprint density at radius 1 is 0.962 bits per heavy atom. The van der Waals surface area contributed by atoms with Crippen LogP contribution in [0.1, 0.15) is 91.9 Å². The Morgan fingerprint density at radius 3 is 1.96 bits per heavy atom. The van der Waals surface area contributed by atoms with Gasteiger partial charge in [0.05, 0.1) is 19.1 Å². The third kappa shape index (κ3) is 12.0. The van der Waals surface area contributed by atoms with E-state index in [2.05, 4.69) is 16.7 Å². The van der Waals surface area contributed by atoms with Crippen LogP contribution in [0.2, 0.25) is 0 Å². The van der Waals surface area contributed by atoms with Gasteiger partial charge in [-0.2, -0.15) is 0 Å². The molecule has 0 saturated heterocycles. The number of hydrogen-bond donors (Lipinski definition) is 0. The zero-order chi connectivity index (χ0) is 19.8. The zero-order valence-electron chi connectivity index (χ0n) is 17.5. The molecule has 0 aromatic heterocycles. The first kappa shape index (κ1) is 24.6. The second-order valence-electron chi connectivity index (χ2n) is 7.52. The average molecular weight is 370 g/mol. The molecule has 0 aromatic carbocycles. The van der Waals surface area contributed by atoms with Gasteiger partial charge in [0.25, 0.3) is 0 Å². The van der Waals surface area contributed by atoms with Crippen LogP contribution < -0.4 is 0 Å². The van der Waals surface area contributed by atoms with Gasteiger partial charge in [-0.05, 0) is 27.2 Å². The summed E-state index contributed by atoms with van der Waals surface area (Å²) >= 11 is 0. The predicted molar refractivity (Wildman–Crippen MR) is 107 cm³/mol. The highest BCUT2D eigenvalue weighted by Gasteiger charge is 2.28. The van der Waals surface area contributed by atoms with E-state index in [9.17, 15) is 9.59 Å². The van der Waals surface area contributed by atoms with Crippen LogP contribution in [-0.2, 0) is 19.1 Å². The molecule has 0 N–H and O–H groups in total. The number of aliphatic imine (C=N–C) groups is 1. The molecule has 0 saturated carbocycles. The van der Waals surface area contributed by atoms with Crippen LogP contribution in [-0.4, -0.2) is 37.9 Å². The fourth-order valence-electron chi connectivity index (χ4n) is 2.52. The van der Waals surface area contributed by atoms with Gasteiger partial charge in [-0.25, -0.2) is 4.79 Å². The summed E-state index contributed by atoms with van der Waals surface area (Å²) in [5.74, 6) is -0.731. The number of esters is 2. The van der Waals surface area contributed by atoms with Gasteiger partial charge in [0.1, 0.15) is 6.04 Å². The highest BCUT2D eigenvalue weighted by atomic mass is 16.5. The van der Waals surface area contributed by atoms with E-state index >= 15 is 0 Å². The first-order valence-corrected chi connectivity index (χ1v) is 10.1. The van der Waals surface area contributed by atoms with E-state index < -0.39 is 17.4 Å². The number of rotatable bonds is 15. The van der Waals surface area contributed by atoms with Crippen molar-refractivity contribution in [2.45, 2.75) is 97.9 Å². The number of nitrogens with zero attached hydrogens (tertiary/aromatic N) is 1. The van der Waals surface area contributed by atoms with Crippen LogP contribution in [0.25, 0.3) is 0 Å². The fourth-order valence-corrected chi connectivity index (χ4v) is 2.52. The molecule has 5 heteroatoms.